The van der Waals surface area contributed by atoms with Gasteiger partial charge in [0.15, 0.2) is 6.10 Å². The van der Waals surface area contributed by atoms with Gasteiger partial charge >= 0.3 is 17.9 Å². The molecule has 0 aliphatic heterocycles. The Labute approximate surface area is 425 Å². The Balaban J connectivity index is 4.53. The fraction of sp³-hybridized carbons (Fsp3) is 0.667. The number of carbonyl (C=O) groups excluding carboxylic acids is 3. The molecule has 6 heteroatoms. The van der Waals surface area contributed by atoms with Crippen molar-refractivity contribution in [1.29, 1.82) is 0 Å². The highest BCUT2D eigenvalue weighted by Gasteiger charge is 2.19. The molecular formula is C63H104O6. The number of hydrogen-bond donors (Lipinski definition) is 0. The van der Waals surface area contributed by atoms with Gasteiger partial charge in [-0.2, -0.15) is 0 Å². The van der Waals surface area contributed by atoms with Crippen molar-refractivity contribution in [1.82, 2.24) is 0 Å². The molecule has 0 unspecified atom stereocenters. The number of hydrogen-bond acceptors (Lipinski definition) is 6. The maximum Gasteiger partial charge on any atom is 0.306 e. The van der Waals surface area contributed by atoms with Crippen LogP contribution in [-0.4, -0.2) is 37.2 Å². The van der Waals surface area contributed by atoms with Crippen molar-refractivity contribution < 1.29 is 28.6 Å². The number of esters is 3. The molecule has 6 nitrogen and oxygen atoms in total. The summed E-state index contributed by atoms with van der Waals surface area (Å²) in [5.41, 5.74) is 0. The molecule has 0 aromatic heterocycles. The van der Waals surface area contributed by atoms with Crippen LogP contribution in [0, 0.1) is 0 Å². The summed E-state index contributed by atoms with van der Waals surface area (Å²) < 4.78 is 16.8. The van der Waals surface area contributed by atoms with E-state index >= 15 is 0 Å². The van der Waals surface area contributed by atoms with Crippen molar-refractivity contribution >= 4 is 17.9 Å². The van der Waals surface area contributed by atoms with E-state index in [0.29, 0.717) is 19.3 Å². The van der Waals surface area contributed by atoms with Gasteiger partial charge in [0.1, 0.15) is 13.2 Å². The summed E-state index contributed by atoms with van der Waals surface area (Å²) in [6.07, 6.45) is 76.6. The fourth-order valence-electron chi connectivity index (χ4n) is 7.49. The van der Waals surface area contributed by atoms with E-state index in [1.807, 2.05) is 6.08 Å². The Bertz CT molecular complexity index is 1420. The monoisotopic (exact) mass is 957 g/mol. The van der Waals surface area contributed by atoms with Crippen molar-refractivity contribution in [2.24, 2.45) is 0 Å². The molecule has 0 aromatic rings. The highest BCUT2D eigenvalue weighted by molar-refractivity contribution is 5.71. The Hall–Kier alpha value is -3.93. The first-order valence-corrected chi connectivity index (χ1v) is 28.4. The molecule has 0 aromatic carbocycles. The van der Waals surface area contributed by atoms with Gasteiger partial charge in [0, 0.05) is 19.3 Å². The second-order valence-electron chi connectivity index (χ2n) is 18.5. The Morgan fingerprint density at radius 3 is 1.01 bits per heavy atom. The van der Waals surface area contributed by atoms with E-state index < -0.39 is 6.10 Å². The average molecular weight is 958 g/mol. The smallest absolute Gasteiger partial charge is 0.306 e. The van der Waals surface area contributed by atoms with Gasteiger partial charge in [-0.05, 0) is 116 Å². The fourth-order valence-corrected chi connectivity index (χ4v) is 7.49. The molecule has 0 aliphatic rings. The number of ether oxygens (including phenoxy) is 3. The highest BCUT2D eigenvalue weighted by atomic mass is 16.6. The molecule has 0 rings (SSSR count). The van der Waals surface area contributed by atoms with Crippen LogP contribution < -0.4 is 0 Å². The zero-order chi connectivity index (χ0) is 50.0. The van der Waals surface area contributed by atoms with Crippen molar-refractivity contribution in [2.45, 2.75) is 258 Å². The summed E-state index contributed by atoms with van der Waals surface area (Å²) in [4.78, 5) is 38.1. The van der Waals surface area contributed by atoms with E-state index in [0.717, 1.165) is 103 Å². The Kier molecular flexibility index (Phi) is 53.4. The minimum Gasteiger partial charge on any atom is -0.462 e. The number of allylic oxidation sites excluding steroid dienone is 18. The lowest BCUT2D eigenvalue weighted by atomic mass is 10.1. The summed E-state index contributed by atoms with van der Waals surface area (Å²) in [7, 11) is 0. The van der Waals surface area contributed by atoms with Crippen LogP contribution in [-0.2, 0) is 28.6 Å². The first-order chi connectivity index (χ1) is 34.0. The second-order valence-corrected chi connectivity index (χ2v) is 18.5. The van der Waals surface area contributed by atoms with E-state index in [-0.39, 0.29) is 37.5 Å². The van der Waals surface area contributed by atoms with Crippen molar-refractivity contribution in [2.75, 3.05) is 13.2 Å². The molecule has 69 heavy (non-hydrogen) atoms. The number of rotatable bonds is 50. The van der Waals surface area contributed by atoms with Crippen LogP contribution in [0.4, 0.5) is 0 Å². The standard InChI is InChI=1S/C63H104O6/c1-4-7-10-13-16-19-22-25-28-30-31-33-35-38-41-44-47-50-53-56-62(65)68-59-60(58-67-61(64)55-52-49-46-43-40-37-34-27-24-21-18-15-12-9-6-3)69-63(66)57-54-51-48-45-42-39-36-32-29-26-23-20-17-14-11-8-5-2/h9,12,16,18-19,21,25-29,31,33-34,38,41,47,50,60H,4-8,10-11,13-15,17,20,22-24,30,32,35-37,39-40,42-46,48-49,51-59H2,1-3H3/b12-9-,19-16-,21-18-,28-25-,29-26-,33-31-,34-27-,41-38-,50-47-/t60-/m1/s1. The third kappa shape index (κ3) is 54.9. The number of unbranched alkanes of at least 4 members (excludes halogenated alkanes) is 21. The van der Waals surface area contributed by atoms with Crippen LogP contribution in [0.15, 0.2) is 109 Å². The zero-order valence-electron chi connectivity index (χ0n) is 44.8. The van der Waals surface area contributed by atoms with Gasteiger partial charge in [-0.15, -0.1) is 0 Å². The third-order valence-corrected chi connectivity index (χ3v) is 11.7. The average Bonchev–Trinajstić information content (AvgIpc) is 3.35. The molecule has 0 spiro atoms. The van der Waals surface area contributed by atoms with E-state index in [2.05, 4.69) is 124 Å². The normalized spacial score (nSPS) is 12.9. The summed E-state index contributed by atoms with van der Waals surface area (Å²) in [6, 6.07) is 0. The SMILES string of the molecule is CC/C=C\C/C=C\C/C=C\CCCCCCCC(=O)OC[C@H](COC(=O)CC/C=C\C/C=C\C/C=C\C/C=C\C/C=C\CCCCC)OC(=O)CCCCCCCCC/C=C\CCCCCCCC. The van der Waals surface area contributed by atoms with Gasteiger partial charge in [0.2, 0.25) is 0 Å². The van der Waals surface area contributed by atoms with E-state index in [1.165, 1.54) is 103 Å². The molecule has 0 saturated heterocycles. The van der Waals surface area contributed by atoms with Crippen LogP contribution in [0.5, 0.6) is 0 Å². The van der Waals surface area contributed by atoms with Crippen molar-refractivity contribution in [3.8, 4) is 0 Å². The van der Waals surface area contributed by atoms with E-state index in [1.54, 1.807) is 0 Å². The van der Waals surface area contributed by atoms with Gasteiger partial charge in [0.25, 0.3) is 0 Å². The largest absolute Gasteiger partial charge is 0.462 e. The minimum absolute atomic E-state index is 0.113. The van der Waals surface area contributed by atoms with E-state index in [4.69, 9.17) is 14.2 Å². The molecule has 0 heterocycles. The van der Waals surface area contributed by atoms with Crippen LogP contribution in [0.1, 0.15) is 252 Å². The van der Waals surface area contributed by atoms with Gasteiger partial charge in [0.05, 0.1) is 0 Å². The molecule has 0 N–H and O–H groups in total. The summed E-state index contributed by atoms with van der Waals surface area (Å²) in [5.74, 6) is -1.02. The van der Waals surface area contributed by atoms with Crippen LogP contribution in [0.3, 0.4) is 0 Å². The molecule has 0 bridgehead atoms. The second kappa shape index (κ2) is 56.7. The van der Waals surface area contributed by atoms with Crippen LogP contribution in [0.2, 0.25) is 0 Å². The first kappa shape index (κ1) is 65.1. The molecular weight excluding hydrogens is 853 g/mol. The lowest BCUT2D eigenvalue weighted by Crippen LogP contribution is -2.30. The topological polar surface area (TPSA) is 78.9 Å². The van der Waals surface area contributed by atoms with Gasteiger partial charge in [-0.1, -0.05) is 226 Å². The summed E-state index contributed by atoms with van der Waals surface area (Å²) in [5, 5.41) is 0. The molecule has 0 amide bonds. The first-order valence-electron chi connectivity index (χ1n) is 28.4. The van der Waals surface area contributed by atoms with Gasteiger partial charge < -0.3 is 14.2 Å². The minimum atomic E-state index is -0.820. The van der Waals surface area contributed by atoms with Gasteiger partial charge in [-0.3, -0.25) is 14.4 Å². The third-order valence-electron chi connectivity index (χ3n) is 11.7. The molecule has 392 valence electrons. The predicted octanol–water partition coefficient (Wildman–Crippen LogP) is 19.1. The molecule has 0 radical (unpaired) electrons. The lowest BCUT2D eigenvalue weighted by Gasteiger charge is -2.18. The van der Waals surface area contributed by atoms with Crippen molar-refractivity contribution in [3.63, 3.8) is 0 Å². The maximum absolute atomic E-state index is 12.9. The number of carbonyl (C=O) groups is 3. The Morgan fingerprint density at radius 1 is 0.304 bits per heavy atom. The summed E-state index contributed by atoms with van der Waals surface area (Å²) in [6.45, 7) is 6.41. The molecule has 1 atom stereocenters. The van der Waals surface area contributed by atoms with Crippen LogP contribution >= 0.6 is 0 Å². The highest BCUT2D eigenvalue weighted by Crippen LogP contribution is 2.14. The molecule has 0 aliphatic carbocycles. The predicted molar refractivity (Wildman–Crippen MR) is 297 cm³/mol. The summed E-state index contributed by atoms with van der Waals surface area (Å²) >= 11 is 0. The van der Waals surface area contributed by atoms with E-state index in [9.17, 15) is 14.4 Å². The molecule has 0 saturated carbocycles. The maximum atomic E-state index is 12.9. The Morgan fingerprint density at radius 2 is 0.594 bits per heavy atom. The van der Waals surface area contributed by atoms with Crippen molar-refractivity contribution in [3.05, 3.63) is 109 Å². The zero-order valence-corrected chi connectivity index (χ0v) is 44.8. The van der Waals surface area contributed by atoms with Gasteiger partial charge in [-0.25, -0.2) is 0 Å². The molecule has 0 fully saturated rings. The van der Waals surface area contributed by atoms with Crippen LogP contribution in [0.25, 0.3) is 0 Å². The quantitative estimate of drug-likeness (QED) is 0.0262. The lowest BCUT2D eigenvalue weighted by molar-refractivity contribution is -0.166.